The first-order chi connectivity index (χ1) is 22.4. The van der Waals surface area contributed by atoms with E-state index in [1.165, 1.54) is 12.1 Å². The Bertz CT molecular complexity index is 1610. The minimum atomic E-state index is -3.95. The highest BCUT2D eigenvalue weighted by Crippen LogP contribution is 2.33. The fourth-order valence-corrected chi connectivity index (χ4v) is 10.3. The number of carbonyl (C=O) groups excluding carboxylic acids is 2. The molecule has 0 aromatic heterocycles. The predicted molar refractivity (Wildman–Crippen MR) is 181 cm³/mol. The molecule has 47 heavy (non-hydrogen) atoms. The molecule has 2 fully saturated rings. The molecule has 9 nitrogen and oxygen atoms in total. The number of aliphatic hydroxyl groups excluding tert-OH is 2. The summed E-state index contributed by atoms with van der Waals surface area (Å²) in [6, 6.07) is 23.2. The zero-order chi connectivity index (χ0) is 33.6. The molecule has 2 N–H and O–H groups in total. The van der Waals surface area contributed by atoms with Crippen LogP contribution in [0.25, 0.3) is 0 Å². The molecule has 5 rings (SSSR count). The van der Waals surface area contributed by atoms with Crippen LogP contribution < -0.4 is 0 Å². The lowest BCUT2D eigenvalue weighted by Crippen LogP contribution is -2.29. The van der Waals surface area contributed by atoms with Gasteiger partial charge in [-0.05, 0) is 118 Å². The van der Waals surface area contributed by atoms with Gasteiger partial charge in [-0.2, -0.15) is 0 Å². The van der Waals surface area contributed by atoms with Gasteiger partial charge in [-0.25, -0.2) is 8.42 Å². The van der Waals surface area contributed by atoms with Crippen LogP contribution in [0.3, 0.4) is 0 Å². The molecule has 0 bridgehead atoms. The van der Waals surface area contributed by atoms with Gasteiger partial charge < -0.3 is 19.7 Å². The first-order valence-corrected chi connectivity index (χ1v) is 20.5. The van der Waals surface area contributed by atoms with Crippen LogP contribution in [0.5, 0.6) is 0 Å². The van der Waals surface area contributed by atoms with Crippen LogP contribution in [0.1, 0.15) is 51.4 Å². The highest BCUT2D eigenvalue weighted by atomic mass is 32.2. The Morgan fingerprint density at radius 2 is 1.02 bits per heavy atom. The summed E-state index contributed by atoms with van der Waals surface area (Å²) >= 11 is 0. The van der Waals surface area contributed by atoms with Crippen LogP contribution in [0, 0.1) is 0 Å². The van der Waals surface area contributed by atoms with Gasteiger partial charge in [0.2, 0.25) is 0 Å². The van der Waals surface area contributed by atoms with Crippen LogP contribution >= 0.6 is 0 Å². The highest BCUT2D eigenvalue weighted by Gasteiger charge is 2.31. The summed E-state index contributed by atoms with van der Waals surface area (Å²) in [6.07, 6.45) is 2.92. The van der Waals surface area contributed by atoms with Crippen molar-refractivity contribution in [1.29, 1.82) is 0 Å². The van der Waals surface area contributed by atoms with Crippen molar-refractivity contribution >= 4 is 48.1 Å². The fourth-order valence-electron chi connectivity index (χ4n) is 5.85. The highest BCUT2D eigenvalue weighted by molar-refractivity contribution is 8.01. The molecule has 2 saturated carbocycles. The first-order valence-electron chi connectivity index (χ1n) is 15.7. The van der Waals surface area contributed by atoms with E-state index in [2.05, 4.69) is 5.87 Å². The molecule has 0 heterocycles. The number of ether oxygens (including phenoxy) is 2. The maximum absolute atomic E-state index is 13.5. The molecular formula is C35H41O9S3+. The molecule has 0 spiro atoms. The minimum Gasteiger partial charge on any atom is -0.462 e. The number of carbonyl (C=O) groups is 2. The van der Waals surface area contributed by atoms with Crippen molar-refractivity contribution in [2.24, 2.45) is 0 Å². The summed E-state index contributed by atoms with van der Waals surface area (Å²) in [5.41, 5.74) is 0. The van der Waals surface area contributed by atoms with Gasteiger partial charge >= 0.3 is 11.9 Å². The number of sulfone groups is 1. The number of hydrogen-bond acceptors (Lipinski definition) is 9. The first kappa shape index (κ1) is 35.2. The molecule has 12 heteroatoms. The van der Waals surface area contributed by atoms with E-state index < -0.39 is 54.0 Å². The summed E-state index contributed by atoms with van der Waals surface area (Å²) in [7, 11) is -7.57. The average Bonchev–Trinajstić information content (AvgIpc) is 3.04. The Morgan fingerprint density at radius 1 is 0.617 bits per heavy atom. The van der Waals surface area contributed by atoms with Gasteiger partial charge in [-0.3, -0.25) is 13.8 Å². The Labute approximate surface area is 279 Å². The van der Waals surface area contributed by atoms with E-state index in [1.54, 1.807) is 24.3 Å². The molecule has 2 aliphatic carbocycles. The molecule has 2 atom stereocenters. The van der Waals surface area contributed by atoms with Crippen molar-refractivity contribution in [3.8, 4) is 0 Å². The Hall–Kier alpha value is -3.16. The summed E-state index contributed by atoms with van der Waals surface area (Å²) in [6.45, 7) is 0. The third-order valence-corrected chi connectivity index (χ3v) is 14.1. The Morgan fingerprint density at radius 3 is 1.49 bits per heavy atom. The topological polar surface area (TPSA) is 144 Å². The lowest BCUT2D eigenvalue weighted by Gasteiger charge is -2.25. The van der Waals surface area contributed by atoms with Gasteiger partial charge in [0.15, 0.2) is 30.3 Å². The molecule has 0 amide bonds. The maximum atomic E-state index is 13.5. The van der Waals surface area contributed by atoms with Crippen molar-refractivity contribution in [3.05, 3.63) is 78.9 Å². The van der Waals surface area contributed by atoms with E-state index >= 15 is 0 Å². The number of benzene rings is 3. The minimum absolute atomic E-state index is 0.0114. The lowest BCUT2D eigenvalue weighted by atomic mass is 9.95. The number of hydrogen-bond donors (Lipinski definition) is 2. The molecule has 2 unspecified atom stereocenters. The maximum Gasteiger partial charge on any atom is 0.321 e. The van der Waals surface area contributed by atoms with Gasteiger partial charge in [0, 0.05) is 14.4 Å². The van der Waals surface area contributed by atoms with Gasteiger partial charge in [0.1, 0.15) is 18.0 Å². The number of rotatable bonds is 11. The molecular weight excluding hydrogens is 661 g/mol. The van der Waals surface area contributed by atoms with E-state index in [4.69, 9.17) is 9.47 Å². The van der Waals surface area contributed by atoms with Crippen molar-refractivity contribution in [2.75, 3.05) is 11.5 Å². The predicted octanol–water partition coefficient (Wildman–Crippen LogP) is 4.32. The van der Waals surface area contributed by atoms with Crippen LogP contribution in [-0.4, -0.2) is 76.6 Å². The van der Waals surface area contributed by atoms with Crippen LogP contribution in [0.15, 0.2) is 103 Å². The smallest absolute Gasteiger partial charge is 0.321 e. The third kappa shape index (κ3) is 9.48. The van der Waals surface area contributed by atoms with E-state index in [0.29, 0.717) is 56.3 Å². The van der Waals surface area contributed by atoms with Crippen molar-refractivity contribution < 1.29 is 41.9 Å². The molecule has 0 saturated heterocycles. The lowest BCUT2D eigenvalue weighted by molar-refractivity contribution is -0.149. The largest absolute Gasteiger partial charge is 0.462 e. The van der Waals surface area contributed by atoms with E-state index in [-0.39, 0.29) is 29.0 Å². The summed E-state index contributed by atoms with van der Waals surface area (Å²) in [5, 5.41) is 19.3. The second-order valence-electron chi connectivity index (χ2n) is 12.1. The third-order valence-electron chi connectivity index (χ3n) is 8.43. The van der Waals surface area contributed by atoms with Crippen molar-refractivity contribution in [3.63, 3.8) is 0 Å². The van der Waals surface area contributed by atoms with E-state index in [9.17, 15) is 32.4 Å². The average molecular weight is 702 g/mol. The Balaban J connectivity index is 1.29. The molecule has 3 aromatic rings. The standard InChI is InChI=1S/C35H41O9S3/c1-46(40,23-34(38)43-27-11-7-25(36)8-12-27)32-19-15-30(16-20-32)45(29-5-3-2-4-6-29)31-17-21-33(22-18-31)47(41,42)24-35(39)44-28-13-9-26(37)10-14-28/h2-6,15-22,25-28,36-37H,1,7-14,23-24H2/q+1. The molecule has 2 aliphatic rings. The summed E-state index contributed by atoms with van der Waals surface area (Å²) in [5.74, 6) is 1.37. The second kappa shape index (κ2) is 15.4. The van der Waals surface area contributed by atoms with Crippen molar-refractivity contribution in [1.82, 2.24) is 0 Å². The number of aliphatic hydroxyl groups is 2. The van der Waals surface area contributed by atoms with Crippen molar-refractivity contribution in [2.45, 2.75) is 100 Å². The van der Waals surface area contributed by atoms with Crippen LogP contribution in [-0.2, 0) is 49.3 Å². The molecule has 3 aromatic carbocycles. The molecule has 0 radical (unpaired) electrons. The van der Waals surface area contributed by atoms with Gasteiger partial charge in [0.25, 0.3) is 0 Å². The van der Waals surface area contributed by atoms with Gasteiger partial charge in [-0.1, -0.05) is 18.2 Å². The van der Waals surface area contributed by atoms with Crippen LogP contribution in [0.2, 0.25) is 0 Å². The fraction of sp³-hybridized carbons (Fsp3) is 0.400. The second-order valence-corrected chi connectivity index (χ2v) is 18.5. The molecule has 252 valence electrons. The van der Waals surface area contributed by atoms with E-state index in [1.807, 2.05) is 42.5 Å². The summed E-state index contributed by atoms with van der Waals surface area (Å²) in [4.78, 5) is 28.2. The zero-order valence-electron chi connectivity index (χ0n) is 26.1. The van der Waals surface area contributed by atoms with E-state index in [0.717, 1.165) is 14.7 Å². The van der Waals surface area contributed by atoms with Gasteiger partial charge in [0.05, 0.1) is 28.0 Å². The summed E-state index contributed by atoms with van der Waals surface area (Å²) < 4.78 is 50.5. The zero-order valence-corrected chi connectivity index (χ0v) is 28.5. The van der Waals surface area contributed by atoms with Crippen LogP contribution in [0.4, 0.5) is 0 Å². The Kier molecular flexibility index (Phi) is 11.5. The normalized spacial score (nSPS) is 23.6. The van der Waals surface area contributed by atoms with Gasteiger partial charge in [-0.15, -0.1) is 0 Å². The SMILES string of the molecule is C=S(=O)(CC(=O)OC1CCC(O)CC1)c1ccc([S+](c2ccccc2)c2ccc(S(=O)(=O)CC(=O)OC3CCC(O)CC3)cc2)cc1. The number of esters is 2. The quantitative estimate of drug-likeness (QED) is 0.170. The monoisotopic (exact) mass is 701 g/mol. The molecule has 0 aliphatic heterocycles.